The molecule has 0 aliphatic carbocycles. The molecule has 3 saturated heterocycles. The standard InChI is InChI=1S/C31H30N10O/c1-3-28(42)39-18-31(19-39)16-38(17-31)25-6-4-22(5-7-25)27-12-23(15-40-30(27)24(13-32)14-34-40)29-21(2)41(36-35-29)26-8-10-37(20-33)11-9-26/h3-7,12,14-15,26H,1,8-11,16-19H2,2H3. The predicted octanol–water partition coefficient (Wildman–Crippen LogP) is 3.39. The van der Waals surface area contributed by atoms with Crippen molar-refractivity contribution < 1.29 is 4.79 Å². The number of pyridine rings is 1. The molecule has 4 aromatic rings. The van der Waals surface area contributed by atoms with Crippen LogP contribution in [-0.2, 0) is 4.79 Å². The van der Waals surface area contributed by atoms with Gasteiger partial charge in [-0.3, -0.25) is 4.79 Å². The number of fused-ring (bicyclic) bond motifs is 1. The number of hydrogen-bond acceptors (Lipinski definition) is 8. The van der Waals surface area contributed by atoms with Crippen LogP contribution >= 0.6 is 0 Å². The van der Waals surface area contributed by atoms with Crippen LogP contribution in [0.15, 0.2) is 55.4 Å². The monoisotopic (exact) mass is 558 g/mol. The summed E-state index contributed by atoms with van der Waals surface area (Å²) in [6.45, 7) is 10.5. The number of piperidine rings is 1. The van der Waals surface area contributed by atoms with Crippen molar-refractivity contribution >= 4 is 17.1 Å². The summed E-state index contributed by atoms with van der Waals surface area (Å²) in [6.07, 6.45) is 8.83. The van der Waals surface area contributed by atoms with Gasteiger partial charge in [0.05, 0.1) is 29.0 Å². The van der Waals surface area contributed by atoms with Gasteiger partial charge in [0.2, 0.25) is 5.91 Å². The summed E-state index contributed by atoms with van der Waals surface area (Å²) >= 11 is 0. The second-order valence-corrected chi connectivity index (χ2v) is 11.7. The molecule has 7 rings (SSSR count). The maximum Gasteiger partial charge on any atom is 0.245 e. The third-order valence-electron chi connectivity index (χ3n) is 9.02. The number of likely N-dealkylation sites (tertiary alicyclic amines) is 2. The average molecular weight is 559 g/mol. The van der Waals surface area contributed by atoms with E-state index in [4.69, 9.17) is 0 Å². The van der Waals surface area contributed by atoms with Gasteiger partial charge in [0.25, 0.3) is 0 Å². The summed E-state index contributed by atoms with van der Waals surface area (Å²) in [5.41, 5.74) is 7.11. The van der Waals surface area contributed by atoms with E-state index in [9.17, 15) is 15.3 Å². The zero-order chi connectivity index (χ0) is 29.0. The Kier molecular flexibility index (Phi) is 5.98. The van der Waals surface area contributed by atoms with E-state index in [2.05, 4.69) is 69.5 Å². The van der Waals surface area contributed by atoms with E-state index >= 15 is 0 Å². The van der Waals surface area contributed by atoms with Gasteiger partial charge in [-0.2, -0.15) is 15.6 Å². The first-order chi connectivity index (χ1) is 20.4. The van der Waals surface area contributed by atoms with Crippen molar-refractivity contribution in [2.45, 2.75) is 25.8 Å². The molecule has 0 radical (unpaired) electrons. The minimum absolute atomic E-state index is 0.00671. The Morgan fingerprint density at radius 1 is 1.10 bits per heavy atom. The molecule has 11 heteroatoms. The van der Waals surface area contributed by atoms with Crippen molar-refractivity contribution in [1.29, 1.82) is 10.5 Å². The van der Waals surface area contributed by atoms with Crippen LogP contribution in [0.3, 0.4) is 0 Å². The Balaban J connectivity index is 1.16. The van der Waals surface area contributed by atoms with Crippen LogP contribution < -0.4 is 4.90 Å². The molecule has 11 nitrogen and oxygen atoms in total. The van der Waals surface area contributed by atoms with Crippen LogP contribution in [0.5, 0.6) is 0 Å². The van der Waals surface area contributed by atoms with Gasteiger partial charge in [0, 0.05) is 67.7 Å². The fourth-order valence-electron chi connectivity index (χ4n) is 6.76. The van der Waals surface area contributed by atoms with Gasteiger partial charge in [-0.15, -0.1) is 5.10 Å². The lowest BCUT2D eigenvalue weighted by Gasteiger charge is -2.60. The molecule has 1 spiro atoms. The van der Waals surface area contributed by atoms with Crippen LogP contribution in [0.1, 0.15) is 30.1 Å². The van der Waals surface area contributed by atoms with Crippen molar-refractivity contribution in [2.24, 2.45) is 5.41 Å². The second kappa shape index (κ2) is 9.74. The summed E-state index contributed by atoms with van der Waals surface area (Å²) in [5, 5.41) is 32.6. The fraction of sp³-hybridized carbons (Fsp3) is 0.355. The summed E-state index contributed by atoms with van der Waals surface area (Å²) in [5.74, 6) is 0.00671. The van der Waals surface area contributed by atoms with E-state index in [1.165, 1.54) is 6.08 Å². The lowest BCUT2D eigenvalue weighted by atomic mass is 9.72. The minimum atomic E-state index is 0.00671. The summed E-state index contributed by atoms with van der Waals surface area (Å²) in [7, 11) is 0. The van der Waals surface area contributed by atoms with Crippen LogP contribution in [0.2, 0.25) is 0 Å². The van der Waals surface area contributed by atoms with Gasteiger partial charge in [0.15, 0.2) is 6.19 Å². The number of anilines is 1. The van der Waals surface area contributed by atoms with E-state index in [0.29, 0.717) is 5.56 Å². The van der Waals surface area contributed by atoms with Gasteiger partial charge in [-0.1, -0.05) is 23.9 Å². The number of nitrogens with zero attached hydrogens (tertiary/aromatic N) is 10. The number of benzene rings is 1. The molecule has 3 aromatic heterocycles. The quantitative estimate of drug-likeness (QED) is 0.270. The van der Waals surface area contributed by atoms with Gasteiger partial charge in [-0.05, 0) is 49.6 Å². The third kappa shape index (κ3) is 4.08. The van der Waals surface area contributed by atoms with Crippen molar-refractivity contribution in [2.75, 3.05) is 44.2 Å². The molecule has 42 heavy (non-hydrogen) atoms. The summed E-state index contributed by atoms with van der Waals surface area (Å²) in [4.78, 5) is 17.8. The fourth-order valence-corrected chi connectivity index (χ4v) is 6.76. The molecule has 0 N–H and O–H groups in total. The van der Waals surface area contributed by atoms with Crippen molar-refractivity contribution in [1.82, 2.24) is 34.4 Å². The zero-order valence-electron chi connectivity index (χ0n) is 23.4. The maximum absolute atomic E-state index is 11.8. The van der Waals surface area contributed by atoms with E-state index in [1.807, 2.05) is 22.7 Å². The molecule has 3 aliphatic rings. The number of hydrogen-bond donors (Lipinski definition) is 0. The van der Waals surface area contributed by atoms with E-state index in [0.717, 1.165) is 91.4 Å². The molecule has 0 bridgehead atoms. The second-order valence-electron chi connectivity index (χ2n) is 11.7. The van der Waals surface area contributed by atoms with E-state index in [1.54, 1.807) is 15.6 Å². The lowest BCUT2D eigenvalue weighted by molar-refractivity contribution is -0.139. The Labute approximate surface area is 243 Å². The molecule has 3 fully saturated rings. The van der Waals surface area contributed by atoms with Crippen LogP contribution in [0, 0.1) is 35.1 Å². The molecule has 210 valence electrons. The number of carbonyl (C=O) groups excluding carboxylic acids is 1. The number of rotatable bonds is 5. The number of carbonyl (C=O) groups is 1. The Morgan fingerprint density at radius 3 is 2.50 bits per heavy atom. The summed E-state index contributed by atoms with van der Waals surface area (Å²) < 4.78 is 3.74. The first-order valence-corrected chi connectivity index (χ1v) is 14.2. The van der Waals surface area contributed by atoms with Gasteiger partial charge < -0.3 is 14.7 Å². The smallest absolute Gasteiger partial charge is 0.245 e. The first-order valence-electron chi connectivity index (χ1n) is 14.2. The van der Waals surface area contributed by atoms with Gasteiger partial charge in [0.1, 0.15) is 11.8 Å². The van der Waals surface area contributed by atoms with Crippen molar-refractivity contribution in [3.05, 3.63) is 66.6 Å². The molecular formula is C31H30N10O. The van der Waals surface area contributed by atoms with Gasteiger partial charge >= 0.3 is 0 Å². The topological polar surface area (TPSA) is 122 Å². The van der Waals surface area contributed by atoms with E-state index in [-0.39, 0.29) is 17.4 Å². The molecule has 0 saturated carbocycles. The average Bonchev–Trinajstić information content (AvgIpc) is 3.58. The van der Waals surface area contributed by atoms with Crippen LogP contribution in [0.25, 0.3) is 27.9 Å². The van der Waals surface area contributed by atoms with Crippen molar-refractivity contribution in [3.8, 4) is 34.6 Å². The molecule has 1 amide bonds. The highest BCUT2D eigenvalue weighted by molar-refractivity contribution is 5.89. The molecule has 3 aliphatic heterocycles. The molecule has 0 unspecified atom stereocenters. The number of aromatic nitrogens is 5. The lowest BCUT2D eigenvalue weighted by Crippen LogP contribution is -2.73. The van der Waals surface area contributed by atoms with Crippen LogP contribution in [0.4, 0.5) is 5.69 Å². The highest BCUT2D eigenvalue weighted by atomic mass is 16.2. The Hall–Kier alpha value is -5.16. The molecule has 6 heterocycles. The van der Waals surface area contributed by atoms with E-state index < -0.39 is 0 Å². The first kappa shape index (κ1) is 25.8. The Morgan fingerprint density at radius 2 is 1.83 bits per heavy atom. The van der Waals surface area contributed by atoms with Gasteiger partial charge in [-0.25, -0.2) is 9.20 Å². The van der Waals surface area contributed by atoms with Crippen LogP contribution in [-0.4, -0.2) is 79.6 Å². The third-order valence-corrected chi connectivity index (χ3v) is 9.02. The Bertz CT molecular complexity index is 1780. The minimum Gasteiger partial charge on any atom is -0.370 e. The predicted molar refractivity (Wildman–Crippen MR) is 156 cm³/mol. The summed E-state index contributed by atoms with van der Waals surface area (Å²) in [6, 6.07) is 13.0. The molecular weight excluding hydrogens is 528 g/mol. The zero-order valence-corrected chi connectivity index (χ0v) is 23.4. The normalized spacial score (nSPS) is 17.9. The number of amides is 1. The highest BCUT2D eigenvalue weighted by Crippen LogP contribution is 2.42. The maximum atomic E-state index is 11.8. The molecule has 0 atom stereocenters. The van der Waals surface area contributed by atoms with Crippen molar-refractivity contribution in [3.63, 3.8) is 0 Å². The largest absolute Gasteiger partial charge is 0.370 e. The SMILES string of the molecule is C=CC(=O)N1CC2(C1)CN(c1ccc(-c3cc(-c4nnn(C5CCN(C#N)CC5)c4C)cn4ncc(C#N)c34)cc1)C2. The number of nitriles is 2. The highest BCUT2D eigenvalue weighted by Gasteiger charge is 2.52. The molecule has 1 aromatic carbocycles.